The highest BCUT2D eigenvalue weighted by atomic mass is 32.2. The Morgan fingerprint density at radius 1 is 1.23 bits per heavy atom. The van der Waals surface area contributed by atoms with Gasteiger partial charge in [-0.25, -0.2) is 0 Å². The van der Waals surface area contributed by atoms with E-state index in [2.05, 4.69) is 15.5 Å². The summed E-state index contributed by atoms with van der Waals surface area (Å²) in [5.41, 5.74) is 0.758. The number of nitrogens with one attached hydrogen (secondary N) is 1. The van der Waals surface area contributed by atoms with Gasteiger partial charge in [0.15, 0.2) is 10.1 Å². The first kappa shape index (κ1) is 21.9. The third kappa shape index (κ3) is 5.03. The van der Waals surface area contributed by atoms with E-state index in [1.165, 1.54) is 11.8 Å². The fourth-order valence-corrected chi connectivity index (χ4v) is 4.86. The van der Waals surface area contributed by atoms with Gasteiger partial charge in [0.2, 0.25) is 22.9 Å². The van der Waals surface area contributed by atoms with E-state index < -0.39 is 11.2 Å². The number of carbonyl (C=O) groups is 4. The fraction of sp³-hybridized carbons (Fsp3) is 0.368. The van der Waals surface area contributed by atoms with E-state index in [4.69, 9.17) is 0 Å². The molecule has 2 aromatic rings. The molecule has 158 valence electrons. The number of ketones is 1. The van der Waals surface area contributed by atoms with Crippen LogP contribution < -0.4 is 10.2 Å². The molecule has 9 nitrogen and oxygen atoms in total. The molecule has 2 unspecified atom stereocenters. The van der Waals surface area contributed by atoms with Crippen molar-refractivity contribution in [1.82, 2.24) is 15.1 Å². The van der Waals surface area contributed by atoms with Crippen molar-refractivity contribution in [1.29, 1.82) is 0 Å². The van der Waals surface area contributed by atoms with Gasteiger partial charge in [-0.05, 0) is 19.1 Å². The van der Waals surface area contributed by atoms with Gasteiger partial charge in [0.25, 0.3) is 0 Å². The maximum Gasteiger partial charge on any atom is 0.243 e. The molecule has 1 aliphatic heterocycles. The number of hydrogen-bond donors (Lipinski definition) is 1. The van der Waals surface area contributed by atoms with Crippen LogP contribution in [0.2, 0.25) is 0 Å². The zero-order valence-electron chi connectivity index (χ0n) is 16.7. The number of nitrogens with zero attached hydrogens (tertiary/aromatic N) is 4. The number of para-hydroxylation sites is 1. The average Bonchev–Trinajstić information content (AvgIpc) is 3.32. The first-order valence-electron chi connectivity index (χ1n) is 9.14. The summed E-state index contributed by atoms with van der Waals surface area (Å²) in [6.07, 6.45) is 0.116. The van der Waals surface area contributed by atoms with Crippen molar-refractivity contribution in [2.45, 2.75) is 22.9 Å². The number of carbonyl (C=O) groups excluding carboxylic acids is 4. The largest absolute Gasteiger partial charge is 0.347 e. The van der Waals surface area contributed by atoms with Crippen LogP contribution in [-0.2, 0) is 19.2 Å². The Balaban J connectivity index is 1.62. The highest BCUT2D eigenvalue weighted by molar-refractivity contribution is 8.03. The summed E-state index contributed by atoms with van der Waals surface area (Å²) in [6.45, 7) is 1.64. The number of rotatable bonds is 7. The van der Waals surface area contributed by atoms with E-state index in [0.717, 1.165) is 28.8 Å². The molecule has 0 aliphatic carbocycles. The molecule has 1 saturated heterocycles. The third-order valence-electron chi connectivity index (χ3n) is 4.45. The molecule has 3 amide bonds. The minimum absolute atomic E-state index is 0.110. The molecule has 11 heteroatoms. The number of thioether (sulfide) groups is 1. The Labute approximate surface area is 181 Å². The van der Waals surface area contributed by atoms with E-state index in [1.54, 1.807) is 19.0 Å². The highest BCUT2D eigenvalue weighted by Crippen LogP contribution is 2.31. The lowest BCUT2D eigenvalue weighted by molar-refractivity contribution is -0.132. The highest BCUT2D eigenvalue weighted by Gasteiger charge is 2.35. The first-order chi connectivity index (χ1) is 14.3. The number of anilines is 2. The summed E-state index contributed by atoms with van der Waals surface area (Å²) in [4.78, 5) is 51.8. The Morgan fingerprint density at radius 3 is 2.57 bits per heavy atom. The molecular formula is C19H21N5O4S2. The zero-order chi connectivity index (χ0) is 21.8. The summed E-state index contributed by atoms with van der Waals surface area (Å²) in [5, 5.41) is 9.90. The number of benzene rings is 1. The van der Waals surface area contributed by atoms with Crippen LogP contribution in [0.1, 0.15) is 13.3 Å². The second kappa shape index (κ2) is 9.35. The third-order valence-corrected chi connectivity index (χ3v) is 6.68. The van der Waals surface area contributed by atoms with E-state index in [1.807, 2.05) is 30.3 Å². The van der Waals surface area contributed by atoms with Gasteiger partial charge in [-0.2, -0.15) is 0 Å². The number of amides is 3. The van der Waals surface area contributed by atoms with Gasteiger partial charge in [0.1, 0.15) is 5.25 Å². The Bertz CT molecular complexity index is 963. The van der Waals surface area contributed by atoms with Crippen LogP contribution in [0.25, 0.3) is 0 Å². The van der Waals surface area contributed by atoms with Gasteiger partial charge in [-0.1, -0.05) is 41.3 Å². The molecule has 1 aliphatic rings. The van der Waals surface area contributed by atoms with Crippen LogP contribution in [-0.4, -0.2) is 64.5 Å². The van der Waals surface area contributed by atoms with Crippen molar-refractivity contribution in [2.24, 2.45) is 5.92 Å². The standard InChI is InChI=1S/C19H21N5O4S2/c1-11(25)15(17(28)23(2)3)29-19-22-21-18(30-19)20-16(27)12-9-14(26)24(10-12)13-7-5-4-6-8-13/h4-8,12,15H,9-10H2,1-3H3,(H,20,21,27). The lowest BCUT2D eigenvalue weighted by atomic mass is 10.1. The van der Waals surface area contributed by atoms with Gasteiger partial charge < -0.3 is 15.1 Å². The van der Waals surface area contributed by atoms with Crippen molar-refractivity contribution in [3.8, 4) is 0 Å². The average molecular weight is 448 g/mol. The summed E-state index contributed by atoms with van der Waals surface area (Å²) < 4.78 is 0.397. The Morgan fingerprint density at radius 2 is 1.93 bits per heavy atom. The monoisotopic (exact) mass is 447 g/mol. The maximum absolute atomic E-state index is 12.6. The van der Waals surface area contributed by atoms with Crippen LogP contribution >= 0.6 is 23.1 Å². The van der Waals surface area contributed by atoms with Crippen molar-refractivity contribution < 1.29 is 19.2 Å². The number of aromatic nitrogens is 2. The molecule has 0 spiro atoms. The second-order valence-corrected chi connectivity index (χ2v) is 9.27. The second-order valence-electron chi connectivity index (χ2n) is 6.94. The fourth-order valence-electron chi connectivity index (χ4n) is 2.90. The van der Waals surface area contributed by atoms with Crippen LogP contribution in [0.3, 0.4) is 0 Å². The molecular weight excluding hydrogens is 426 g/mol. The summed E-state index contributed by atoms with van der Waals surface area (Å²) in [6, 6.07) is 9.19. The van der Waals surface area contributed by atoms with Crippen LogP contribution in [0, 0.1) is 5.92 Å². The van der Waals surface area contributed by atoms with E-state index in [9.17, 15) is 19.2 Å². The van der Waals surface area contributed by atoms with Crippen molar-refractivity contribution >= 4 is 57.4 Å². The van der Waals surface area contributed by atoms with Gasteiger partial charge in [-0.15, -0.1) is 10.2 Å². The van der Waals surface area contributed by atoms with Gasteiger partial charge >= 0.3 is 0 Å². The molecule has 0 saturated carbocycles. The van der Waals surface area contributed by atoms with Crippen molar-refractivity contribution in [3.63, 3.8) is 0 Å². The quantitative estimate of drug-likeness (QED) is 0.390. The molecule has 2 heterocycles. The molecule has 1 aromatic heterocycles. The lowest BCUT2D eigenvalue weighted by Crippen LogP contribution is -2.35. The summed E-state index contributed by atoms with van der Waals surface area (Å²) in [5.74, 6) is -1.55. The number of hydrogen-bond acceptors (Lipinski definition) is 8. The van der Waals surface area contributed by atoms with Crippen LogP contribution in [0.15, 0.2) is 34.7 Å². The molecule has 30 heavy (non-hydrogen) atoms. The molecule has 0 bridgehead atoms. The predicted octanol–water partition coefficient (Wildman–Crippen LogP) is 1.67. The van der Waals surface area contributed by atoms with Crippen molar-refractivity contribution in [2.75, 3.05) is 30.9 Å². The molecule has 3 rings (SSSR count). The summed E-state index contributed by atoms with van der Waals surface area (Å²) >= 11 is 2.08. The predicted molar refractivity (Wildman–Crippen MR) is 114 cm³/mol. The minimum Gasteiger partial charge on any atom is -0.347 e. The molecule has 1 aromatic carbocycles. The van der Waals surface area contributed by atoms with Gasteiger partial charge in [-0.3, -0.25) is 19.2 Å². The van der Waals surface area contributed by atoms with Gasteiger partial charge in [0.05, 0.1) is 5.92 Å². The molecule has 1 N–H and O–H groups in total. The smallest absolute Gasteiger partial charge is 0.243 e. The van der Waals surface area contributed by atoms with E-state index in [-0.39, 0.29) is 35.1 Å². The van der Waals surface area contributed by atoms with Gasteiger partial charge in [0, 0.05) is 32.7 Å². The zero-order valence-corrected chi connectivity index (χ0v) is 18.3. The summed E-state index contributed by atoms with van der Waals surface area (Å²) in [7, 11) is 3.15. The van der Waals surface area contributed by atoms with E-state index in [0.29, 0.717) is 10.9 Å². The number of Topliss-reactive ketones (excluding diaryl/α,β-unsaturated/α-hetero) is 1. The van der Waals surface area contributed by atoms with E-state index >= 15 is 0 Å². The van der Waals surface area contributed by atoms with Crippen LogP contribution in [0.4, 0.5) is 10.8 Å². The topological polar surface area (TPSA) is 113 Å². The lowest BCUT2D eigenvalue weighted by Gasteiger charge is -2.16. The first-order valence-corrected chi connectivity index (χ1v) is 10.8. The normalized spacial score (nSPS) is 17.0. The van der Waals surface area contributed by atoms with Crippen molar-refractivity contribution in [3.05, 3.63) is 30.3 Å². The SMILES string of the molecule is CC(=O)C(Sc1nnc(NC(=O)C2CC(=O)N(c3ccccc3)C2)s1)C(=O)N(C)C. The Hall–Kier alpha value is -2.79. The van der Waals surface area contributed by atoms with Crippen LogP contribution in [0.5, 0.6) is 0 Å². The minimum atomic E-state index is -0.914. The molecule has 0 radical (unpaired) electrons. The molecule has 2 atom stereocenters. The molecule has 1 fully saturated rings. The maximum atomic E-state index is 12.6. The Kier molecular flexibility index (Phi) is 6.83.